The highest BCUT2D eigenvalue weighted by molar-refractivity contribution is 7.89. The summed E-state index contributed by atoms with van der Waals surface area (Å²) in [6.45, 7) is 3.30. The Hall–Kier alpha value is -1.37. The zero-order valence-corrected chi connectivity index (χ0v) is 10.9. The van der Waals surface area contributed by atoms with Gasteiger partial charge in [-0.2, -0.15) is 4.72 Å². The zero-order valence-electron chi connectivity index (χ0n) is 9.34. The molecule has 1 aromatic carbocycles. The number of rotatable bonds is 6. The maximum atomic E-state index is 11.5. The Labute approximate surface area is 110 Å². The fraction of sp³-hybridized carbons (Fsp3) is 0.182. The summed E-state index contributed by atoms with van der Waals surface area (Å²) in [5.41, 5.74) is 0.194. The molecule has 7 heteroatoms. The normalized spacial score (nSPS) is 12.9. The maximum Gasteiger partial charge on any atom is 0.326 e. The summed E-state index contributed by atoms with van der Waals surface area (Å²) in [4.78, 5) is 11.1. The number of benzene rings is 1. The number of sulfonamides is 1. The van der Waals surface area contributed by atoms with Crippen molar-refractivity contribution >= 4 is 27.6 Å². The van der Waals surface area contributed by atoms with E-state index in [-0.39, 0.29) is 16.3 Å². The molecule has 0 radical (unpaired) electrons. The first-order valence-corrected chi connectivity index (χ1v) is 6.98. The smallest absolute Gasteiger partial charge is 0.326 e. The van der Waals surface area contributed by atoms with Crippen molar-refractivity contribution in [3.05, 3.63) is 47.5 Å². The Kier molecular flexibility index (Phi) is 4.89. The molecule has 0 aliphatic heterocycles. The second-order valence-electron chi connectivity index (χ2n) is 3.48. The van der Waals surface area contributed by atoms with Gasteiger partial charge in [0.05, 0.1) is 5.75 Å². The van der Waals surface area contributed by atoms with Crippen LogP contribution in [0.15, 0.2) is 36.9 Å². The lowest BCUT2D eigenvalue weighted by Gasteiger charge is -2.15. The molecule has 1 atom stereocenters. The molecular formula is C11H12ClNO4S. The van der Waals surface area contributed by atoms with E-state index in [1.54, 1.807) is 12.1 Å². The van der Waals surface area contributed by atoms with Crippen molar-refractivity contribution in [2.75, 3.05) is 5.75 Å². The average molecular weight is 290 g/mol. The van der Waals surface area contributed by atoms with Crippen LogP contribution in [0.5, 0.6) is 0 Å². The number of hydrogen-bond acceptors (Lipinski definition) is 3. The van der Waals surface area contributed by atoms with Crippen LogP contribution in [-0.4, -0.2) is 25.2 Å². The first-order chi connectivity index (χ1) is 8.37. The predicted octanol–water partition coefficient (Wildman–Crippen LogP) is 1.57. The second-order valence-corrected chi connectivity index (χ2v) is 5.69. The molecule has 0 heterocycles. The molecule has 0 fully saturated rings. The Balaban J connectivity index is 3.10. The van der Waals surface area contributed by atoms with Crippen molar-refractivity contribution < 1.29 is 18.3 Å². The van der Waals surface area contributed by atoms with E-state index in [4.69, 9.17) is 16.7 Å². The Bertz CT molecular complexity index is 556. The lowest BCUT2D eigenvalue weighted by molar-refractivity contribution is -0.139. The van der Waals surface area contributed by atoms with Crippen molar-refractivity contribution in [1.29, 1.82) is 0 Å². The molecule has 5 nitrogen and oxygen atoms in total. The van der Waals surface area contributed by atoms with Gasteiger partial charge in [0.15, 0.2) is 0 Å². The Morgan fingerprint density at radius 2 is 2.11 bits per heavy atom. The standard InChI is InChI=1S/C11H12ClNO4S/c1-2-7-18(16,17)13-10(11(14)15)8-5-3-4-6-9(8)12/h2-6,10,13H,1,7H2,(H,14,15)/t10-/m1/s1. The van der Waals surface area contributed by atoms with Gasteiger partial charge in [-0.25, -0.2) is 8.42 Å². The number of nitrogens with one attached hydrogen (secondary N) is 1. The minimum absolute atomic E-state index is 0.186. The minimum Gasteiger partial charge on any atom is -0.480 e. The van der Waals surface area contributed by atoms with Crippen LogP contribution in [0.4, 0.5) is 0 Å². The minimum atomic E-state index is -3.75. The molecule has 0 aliphatic rings. The molecule has 0 bridgehead atoms. The third kappa shape index (κ3) is 3.83. The number of carboxylic acids is 1. The van der Waals surface area contributed by atoms with Crippen molar-refractivity contribution in [3.8, 4) is 0 Å². The van der Waals surface area contributed by atoms with Crippen LogP contribution in [0.2, 0.25) is 5.02 Å². The SMILES string of the molecule is C=CCS(=O)(=O)N[C@@H](C(=O)O)c1ccccc1Cl. The van der Waals surface area contributed by atoms with Crippen LogP contribution < -0.4 is 4.72 Å². The first kappa shape index (κ1) is 14.7. The summed E-state index contributed by atoms with van der Waals surface area (Å²) in [6.07, 6.45) is 1.17. The van der Waals surface area contributed by atoms with Crippen LogP contribution in [0.3, 0.4) is 0 Å². The fourth-order valence-corrected chi connectivity index (χ4v) is 2.58. The van der Waals surface area contributed by atoms with E-state index in [0.717, 1.165) is 0 Å². The summed E-state index contributed by atoms with van der Waals surface area (Å²) < 4.78 is 25.2. The molecule has 2 N–H and O–H groups in total. The zero-order chi connectivity index (χ0) is 13.8. The molecule has 18 heavy (non-hydrogen) atoms. The van der Waals surface area contributed by atoms with Crippen LogP contribution in [0.25, 0.3) is 0 Å². The van der Waals surface area contributed by atoms with E-state index in [2.05, 4.69) is 11.3 Å². The highest BCUT2D eigenvalue weighted by Gasteiger charge is 2.26. The molecule has 0 aliphatic carbocycles. The largest absolute Gasteiger partial charge is 0.480 e. The van der Waals surface area contributed by atoms with Gasteiger partial charge >= 0.3 is 5.97 Å². The third-order valence-corrected chi connectivity index (χ3v) is 3.71. The molecule has 0 spiro atoms. The molecule has 0 amide bonds. The van der Waals surface area contributed by atoms with Gasteiger partial charge in [0.2, 0.25) is 10.0 Å². The quantitative estimate of drug-likeness (QED) is 0.779. The van der Waals surface area contributed by atoms with E-state index in [9.17, 15) is 13.2 Å². The Morgan fingerprint density at radius 3 is 2.61 bits per heavy atom. The van der Waals surface area contributed by atoms with Gasteiger partial charge in [0.1, 0.15) is 6.04 Å². The number of hydrogen-bond donors (Lipinski definition) is 2. The monoisotopic (exact) mass is 289 g/mol. The average Bonchev–Trinajstić information content (AvgIpc) is 2.26. The lowest BCUT2D eigenvalue weighted by Crippen LogP contribution is -2.35. The van der Waals surface area contributed by atoms with Crippen molar-refractivity contribution in [1.82, 2.24) is 4.72 Å². The summed E-state index contributed by atoms with van der Waals surface area (Å²) in [5, 5.41) is 9.26. The summed E-state index contributed by atoms with van der Waals surface area (Å²) >= 11 is 5.85. The van der Waals surface area contributed by atoms with Gasteiger partial charge in [-0.1, -0.05) is 35.9 Å². The molecule has 0 aromatic heterocycles. The predicted molar refractivity (Wildman–Crippen MR) is 68.9 cm³/mol. The molecule has 1 aromatic rings. The van der Waals surface area contributed by atoms with Gasteiger partial charge in [-0.15, -0.1) is 6.58 Å². The topological polar surface area (TPSA) is 83.5 Å². The molecule has 98 valence electrons. The van der Waals surface area contributed by atoms with E-state index in [1.165, 1.54) is 18.2 Å². The van der Waals surface area contributed by atoms with Gasteiger partial charge in [0.25, 0.3) is 0 Å². The van der Waals surface area contributed by atoms with Crippen molar-refractivity contribution in [2.45, 2.75) is 6.04 Å². The van der Waals surface area contributed by atoms with Crippen LogP contribution >= 0.6 is 11.6 Å². The van der Waals surface area contributed by atoms with Crippen LogP contribution in [0.1, 0.15) is 11.6 Å². The summed E-state index contributed by atoms with van der Waals surface area (Å²) in [6, 6.07) is 4.75. The van der Waals surface area contributed by atoms with Crippen molar-refractivity contribution in [2.24, 2.45) is 0 Å². The number of halogens is 1. The molecule has 0 unspecified atom stereocenters. The van der Waals surface area contributed by atoms with Gasteiger partial charge in [0, 0.05) is 5.02 Å². The van der Waals surface area contributed by atoms with E-state index >= 15 is 0 Å². The molecule has 0 saturated carbocycles. The fourth-order valence-electron chi connectivity index (χ4n) is 1.34. The lowest BCUT2D eigenvalue weighted by atomic mass is 10.1. The van der Waals surface area contributed by atoms with Crippen LogP contribution in [-0.2, 0) is 14.8 Å². The highest BCUT2D eigenvalue weighted by Crippen LogP contribution is 2.23. The van der Waals surface area contributed by atoms with Gasteiger partial charge in [-0.05, 0) is 11.6 Å². The molecular weight excluding hydrogens is 278 g/mol. The van der Waals surface area contributed by atoms with Crippen molar-refractivity contribution in [3.63, 3.8) is 0 Å². The number of carbonyl (C=O) groups is 1. The van der Waals surface area contributed by atoms with Gasteiger partial charge < -0.3 is 5.11 Å². The van der Waals surface area contributed by atoms with Gasteiger partial charge in [-0.3, -0.25) is 4.79 Å². The third-order valence-electron chi connectivity index (χ3n) is 2.10. The molecule has 1 rings (SSSR count). The summed E-state index contributed by atoms with van der Waals surface area (Å²) in [5.74, 6) is -1.68. The number of carboxylic acid groups (broad SMARTS) is 1. The maximum absolute atomic E-state index is 11.5. The van der Waals surface area contributed by atoms with E-state index in [1.807, 2.05) is 0 Å². The summed E-state index contributed by atoms with van der Waals surface area (Å²) in [7, 11) is -3.75. The van der Waals surface area contributed by atoms with E-state index < -0.39 is 22.0 Å². The van der Waals surface area contributed by atoms with Crippen LogP contribution in [0, 0.1) is 0 Å². The number of aliphatic carboxylic acids is 1. The molecule has 0 saturated heterocycles. The van der Waals surface area contributed by atoms with E-state index in [0.29, 0.717) is 0 Å². The Morgan fingerprint density at radius 1 is 1.50 bits per heavy atom. The first-order valence-electron chi connectivity index (χ1n) is 4.95. The highest BCUT2D eigenvalue weighted by atomic mass is 35.5. The second kappa shape index (κ2) is 5.99.